The number of benzene rings is 2. The average Bonchev–Trinajstić information content (AvgIpc) is 3.64. The van der Waals surface area contributed by atoms with Crippen molar-refractivity contribution in [1.82, 2.24) is 4.98 Å². The molecule has 2 N–H and O–H groups in total. The maximum absolute atomic E-state index is 13.5. The number of aryl methyl sites for hydroxylation is 1. The summed E-state index contributed by atoms with van der Waals surface area (Å²) < 4.78 is 5.95. The number of aliphatic carboxylic acids is 1. The molecular weight excluding hydrogens is 465 g/mol. The Bertz CT molecular complexity index is 1400. The molecule has 1 aliphatic heterocycles. The number of carbonyl (C=O) groups is 2. The van der Waals surface area contributed by atoms with Gasteiger partial charge in [0.1, 0.15) is 5.75 Å². The minimum absolute atomic E-state index is 0.0488. The maximum atomic E-state index is 13.5. The Morgan fingerprint density at radius 3 is 2.78 bits per heavy atom. The molecule has 2 heterocycles. The molecule has 1 aromatic heterocycles. The van der Waals surface area contributed by atoms with Gasteiger partial charge in [-0.15, -0.1) is 0 Å². The van der Waals surface area contributed by atoms with E-state index in [0.717, 1.165) is 46.4 Å². The highest BCUT2D eigenvalue weighted by Gasteiger charge is 2.61. The SMILES string of the molecule is C[B]c1ccc(-c2ccc3c(c2)[C@]2(CCO3)C[C@H]2C(=O)Nc2cc(C#N)ccc2CCCC(=O)O)cn1. The van der Waals surface area contributed by atoms with E-state index >= 15 is 0 Å². The normalized spacial score (nSPS) is 19.3. The lowest BCUT2D eigenvalue weighted by Crippen LogP contribution is -2.27. The van der Waals surface area contributed by atoms with Gasteiger partial charge in [-0.3, -0.25) is 14.6 Å². The van der Waals surface area contributed by atoms with E-state index < -0.39 is 5.97 Å². The van der Waals surface area contributed by atoms with Gasteiger partial charge in [-0.05, 0) is 72.2 Å². The van der Waals surface area contributed by atoms with Crippen molar-refractivity contribution in [3.05, 3.63) is 71.4 Å². The number of ether oxygens (including phenoxy) is 1. The van der Waals surface area contributed by atoms with Gasteiger partial charge in [-0.1, -0.05) is 31.1 Å². The van der Waals surface area contributed by atoms with Crippen LogP contribution in [-0.4, -0.2) is 35.9 Å². The number of nitriles is 1. The van der Waals surface area contributed by atoms with Crippen molar-refractivity contribution in [2.75, 3.05) is 11.9 Å². The average molecular weight is 492 g/mol. The first-order valence-electron chi connectivity index (χ1n) is 12.5. The lowest BCUT2D eigenvalue weighted by Gasteiger charge is -2.27. The van der Waals surface area contributed by atoms with Crippen LogP contribution >= 0.6 is 0 Å². The molecule has 185 valence electrons. The molecule has 7 nitrogen and oxygen atoms in total. The number of fused-ring (bicyclic) bond motifs is 2. The Labute approximate surface area is 216 Å². The third-order valence-electron chi connectivity index (χ3n) is 7.46. The molecule has 3 aromatic rings. The van der Waals surface area contributed by atoms with Crippen LogP contribution in [0, 0.1) is 17.2 Å². The fraction of sp³-hybridized carbons (Fsp3) is 0.310. The number of pyridine rings is 1. The van der Waals surface area contributed by atoms with Crippen LogP contribution in [0.1, 0.15) is 42.4 Å². The second-order valence-electron chi connectivity index (χ2n) is 9.70. The largest absolute Gasteiger partial charge is 0.493 e. The Hall–Kier alpha value is -4.12. The van der Waals surface area contributed by atoms with Gasteiger partial charge in [0.2, 0.25) is 5.91 Å². The fourth-order valence-electron chi connectivity index (χ4n) is 5.30. The number of carboxylic acids is 1. The summed E-state index contributed by atoms with van der Waals surface area (Å²) in [7, 11) is 1.96. The van der Waals surface area contributed by atoms with Crippen molar-refractivity contribution in [3.8, 4) is 22.9 Å². The highest BCUT2D eigenvalue weighted by atomic mass is 16.5. The van der Waals surface area contributed by atoms with Crippen molar-refractivity contribution in [2.24, 2.45) is 5.92 Å². The summed E-state index contributed by atoms with van der Waals surface area (Å²) in [5.41, 5.74) is 5.59. The first-order valence-corrected chi connectivity index (χ1v) is 12.5. The van der Waals surface area contributed by atoms with Gasteiger partial charge in [-0.25, -0.2) is 0 Å². The van der Waals surface area contributed by atoms with E-state index in [0.29, 0.717) is 30.7 Å². The number of nitrogens with one attached hydrogen (secondary N) is 1. The standard InChI is InChI=1S/C29H27BN3O4/c1-30-26-10-8-21(17-32-26)20-7-9-25-22(14-20)29(11-12-37-25)15-23(29)28(36)33-24-13-18(16-31)5-6-19(24)3-2-4-27(34)35/h5-10,13-14,17,23H,2-4,11-12,15H2,1H3,(H,33,36)(H,34,35)/t23-,29-/m0/s1. The van der Waals surface area contributed by atoms with Gasteiger partial charge in [0.15, 0.2) is 7.28 Å². The third kappa shape index (κ3) is 4.95. The molecule has 8 heteroatoms. The predicted octanol–water partition coefficient (Wildman–Crippen LogP) is 4.08. The van der Waals surface area contributed by atoms with E-state index in [1.54, 1.807) is 18.2 Å². The number of carbonyl (C=O) groups excluding carboxylic acids is 1. The highest BCUT2D eigenvalue weighted by molar-refractivity contribution is 6.50. The van der Waals surface area contributed by atoms with E-state index in [-0.39, 0.29) is 23.7 Å². The minimum atomic E-state index is -0.855. The summed E-state index contributed by atoms with van der Waals surface area (Å²) in [4.78, 5) is 28.9. The van der Waals surface area contributed by atoms with Crippen molar-refractivity contribution in [3.63, 3.8) is 0 Å². The quantitative estimate of drug-likeness (QED) is 0.459. The van der Waals surface area contributed by atoms with Crippen LogP contribution in [0.5, 0.6) is 5.75 Å². The number of carboxylic acid groups (broad SMARTS) is 1. The lowest BCUT2D eigenvalue weighted by molar-refractivity contribution is -0.137. The summed E-state index contributed by atoms with van der Waals surface area (Å²) in [6.07, 6.45) is 4.36. The van der Waals surface area contributed by atoms with Crippen molar-refractivity contribution in [2.45, 2.75) is 44.3 Å². The zero-order chi connectivity index (χ0) is 26.0. The van der Waals surface area contributed by atoms with Gasteiger partial charge in [0, 0.05) is 35.2 Å². The summed E-state index contributed by atoms with van der Waals surface area (Å²) in [5, 5.41) is 21.4. The predicted molar refractivity (Wildman–Crippen MR) is 141 cm³/mol. The third-order valence-corrected chi connectivity index (χ3v) is 7.46. The molecule has 1 spiro atoms. The Morgan fingerprint density at radius 2 is 2.05 bits per heavy atom. The number of nitrogens with zero attached hydrogens (tertiary/aromatic N) is 2. The Kier molecular flexibility index (Phi) is 6.71. The summed E-state index contributed by atoms with van der Waals surface area (Å²) in [6, 6.07) is 17.4. The van der Waals surface area contributed by atoms with Gasteiger partial charge < -0.3 is 15.2 Å². The molecule has 1 amide bonds. The molecule has 0 bridgehead atoms. The van der Waals surface area contributed by atoms with Gasteiger partial charge >= 0.3 is 5.97 Å². The molecule has 0 unspecified atom stereocenters. The number of amides is 1. The highest BCUT2D eigenvalue weighted by Crippen LogP contribution is 2.61. The number of hydrogen-bond acceptors (Lipinski definition) is 5. The van der Waals surface area contributed by atoms with E-state index in [9.17, 15) is 14.9 Å². The van der Waals surface area contributed by atoms with E-state index in [1.807, 2.05) is 44.6 Å². The lowest BCUT2D eigenvalue weighted by atomic mass is 9.77. The molecular formula is C29H27BN3O4. The maximum Gasteiger partial charge on any atom is 0.303 e. The first kappa shape index (κ1) is 24.6. The molecule has 1 saturated carbocycles. The zero-order valence-electron chi connectivity index (χ0n) is 20.7. The molecule has 1 radical (unpaired) electrons. The second kappa shape index (κ2) is 10.1. The number of anilines is 1. The monoisotopic (exact) mass is 492 g/mol. The number of hydrogen-bond donors (Lipinski definition) is 2. The van der Waals surface area contributed by atoms with Crippen LogP contribution in [0.2, 0.25) is 6.82 Å². The molecule has 1 fully saturated rings. The van der Waals surface area contributed by atoms with Crippen LogP contribution < -0.4 is 15.6 Å². The van der Waals surface area contributed by atoms with E-state index in [2.05, 4.69) is 22.4 Å². The second-order valence-corrected chi connectivity index (χ2v) is 9.70. The van der Waals surface area contributed by atoms with E-state index in [1.165, 1.54) is 0 Å². The van der Waals surface area contributed by atoms with Crippen LogP contribution in [0.15, 0.2) is 54.7 Å². The molecule has 2 aliphatic rings. The van der Waals surface area contributed by atoms with Gasteiger partial charge in [-0.2, -0.15) is 5.26 Å². The van der Waals surface area contributed by atoms with E-state index in [4.69, 9.17) is 9.84 Å². The minimum Gasteiger partial charge on any atom is -0.493 e. The number of aromatic nitrogens is 1. The van der Waals surface area contributed by atoms with Crippen LogP contribution in [0.3, 0.4) is 0 Å². The van der Waals surface area contributed by atoms with Crippen molar-refractivity contribution in [1.29, 1.82) is 5.26 Å². The van der Waals surface area contributed by atoms with Gasteiger partial charge in [0.25, 0.3) is 0 Å². The smallest absolute Gasteiger partial charge is 0.303 e. The molecule has 0 saturated heterocycles. The zero-order valence-corrected chi connectivity index (χ0v) is 20.7. The first-order chi connectivity index (χ1) is 17.9. The topological polar surface area (TPSA) is 112 Å². The molecule has 1 aliphatic carbocycles. The Morgan fingerprint density at radius 1 is 1.22 bits per heavy atom. The fourth-order valence-corrected chi connectivity index (χ4v) is 5.30. The van der Waals surface area contributed by atoms with Crippen molar-refractivity contribution >= 4 is 30.4 Å². The van der Waals surface area contributed by atoms with Crippen LogP contribution in [0.4, 0.5) is 5.69 Å². The summed E-state index contributed by atoms with van der Waals surface area (Å²) in [6.45, 7) is 2.51. The van der Waals surface area contributed by atoms with Crippen LogP contribution in [0.25, 0.3) is 11.1 Å². The summed E-state index contributed by atoms with van der Waals surface area (Å²) >= 11 is 0. The van der Waals surface area contributed by atoms with Gasteiger partial charge in [0.05, 0.1) is 18.2 Å². The van der Waals surface area contributed by atoms with Crippen LogP contribution in [-0.2, 0) is 21.4 Å². The molecule has 37 heavy (non-hydrogen) atoms. The van der Waals surface area contributed by atoms with Crippen molar-refractivity contribution < 1.29 is 19.4 Å². The number of rotatable bonds is 8. The molecule has 2 atom stereocenters. The Balaban J connectivity index is 1.38. The molecule has 2 aromatic carbocycles. The summed E-state index contributed by atoms with van der Waals surface area (Å²) in [5.74, 6) is -0.333. The molecule has 5 rings (SSSR count).